The second kappa shape index (κ2) is 7.04. The molecular weight excluding hydrogens is 331 g/mol. The Morgan fingerprint density at radius 1 is 1.46 bits per heavy atom. The number of urea groups is 1. The van der Waals surface area contributed by atoms with E-state index < -0.39 is 28.4 Å². The van der Waals surface area contributed by atoms with Gasteiger partial charge in [-0.2, -0.15) is 13.2 Å². The molecular formula is C14H16F3N3O4. The van der Waals surface area contributed by atoms with Crippen molar-refractivity contribution in [3.8, 4) is 0 Å². The lowest BCUT2D eigenvalue weighted by Crippen LogP contribution is -2.44. The number of ether oxygens (including phenoxy) is 1. The van der Waals surface area contributed by atoms with Crippen molar-refractivity contribution in [1.82, 2.24) is 4.90 Å². The molecule has 0 radical (unpaired) electrons. The van der Waals surface area contributed by atoms with Crippen LogP contribution in [0.2, 0.25) is 0 Å². The van der Waals surface area contributed by atoms with Gasteiger partial charge >= 0.3 is 12.2 Å². The summed E-state index contributed by atoms with van der Waals surface area (Å²) in [6, 6.07) is 1.79. The largest absolute Gasteiger partial charge is 0.423 e. The molecule has 1 aromatic rings. The molecule has 0 saturated carbocycles. The molecule has 1 unspecified atom stereocenters. The number of methoxy groups -OCH3 is 1. The Labute approximate surface area is 135 Å². The van der Waals surface area contributed by atoms with Gasteiger partial charge in [-0.05, 0) is 25.0 Å². The zero-order valence-electron chi connectivity index (χ0n) is 12.8. The molecule has 1 atom stereocenters. The first kappa shape index (κ1) is 18.0. The van der Waals surface area contributed by atoms with Crippen LogP contribution in [0.15, 0.2) is 18.2 Å². The fraction of sp³-hybridized carbons (Fsp3) is 0.500. The molecule has 2 amide bonds. The molecule has 24 heavy (non-hydrogen) atoms. The fourth-order valence-corrected chi connectivity index (χ4v) is 2.52. The Hall–Kier alpha value is -2.36. The second-order valence-electron chi connectivity index (χ2n) is 5.36. The van der Waals surface area contributed by atoms with Crippen molar-refractivity contribution in [2.75, 3.05) is 25.5 Å². The van der Waals surface area contributed by atoms with Gasteiger partial charge < -0.3 is 15.0 Å². The van der Waals surface area contributed by atoms with Crippen molar-refractivity contribution in [2.24, 2.45) is 0 Å². The molecule has 0 bridgehead atoms. The summed E-state index contributed by atoms with van der Waals surface area (Å²) in [4.78, 5) is 23.2. The number of nitrogens with zero attached hydrogens (tertiary/aromatic N) is 2. The molecule has 132 valence electrons. The van der Waals surface area contributed by atoms with Crippen LogP contribution in [0.4, 0.5) is 29.3 Å². The number of nitrogens with one attached hydrogen (secondary N) is 1. The van der Waals surface area contributed by atoms with E-state index in [1.807, 2.05) is 0 Å². The van der Waals surface area contributed by atoms with Crippen LogP contribution >= 0.6 is 0 Å². The number of rotatable bonds is 3. The number of piperidine rings is 1. The van der Waals surface area contributed by atoms with Gasteiger partial charge in [0.15, 0.2) is 0 Å². The summed E-state index contributed by atoms with van der Waals surface area (Å²) in [7, 11) is 1.53. The third-order valence-corrected chi connectivity index (χ3v) is 3.75. The van der Waals surface area contributed by atoms with Crippen LogP contribution in [0.3, 0.4) is 0 Å². The summed E-state index contributed by atoms with van der Waals surface area (Å²) in [5.74, 6) is 0. The number of nitro benzene ring substituents is 1. The number of hydrogen-bond donors (Lipinski definition) is 1. The summed E-state index contributed by atoms with van der Waals surface area (Å²) < 4.78 is 44.0. The molecule has 0 aromatic heterocycles. The lowest BCUT2D eigenvalue weighted by atomic mass is 10.1. The number of benzene rings is 1. The van der Waals surface area contributed by atoms with E-state index in [0.29, 0.717) is 19.2 Å². The number of carbonyl (C=O) groups excluding carboxylic acids is 1. The minimum absolute atomic E-state index is 0.118. The number of carbonyl (C=O) groups is 1. The van der Waals surface area contributed by atoms with Gasteiger partial charge in [-0.1, -0.05) is 0 Å². The highest BCUT2D eigenvalue weighted by atomic mass is 19.4. The van der Waals surface area contributed by atoms with Crippen LogP contribution < -0.4 is 5.32 Å². The topological polar surface area (TPSA) is 84.7 Å². The molecule has 1 N–H and O–H groups in total. The quantitative estimate of drug-likeness (QED) is 0.672. The fourth-order valence-electron chi connectivity index (χ4n) is 2.52. The SMILES string of the molecule is COC1CCCN(C(=O)Nc2ccc([N+](=O)[O-])c(C(F)(F)F)c2)C1. The van der Waals surface area contributed by atoms with Gasteiger partial charge in [0.2, 0.25) is 0 Å². The molecule has 1 saturated heterocycles. The molecule has 10 heteroatoms. The van der Waals surface area contributed by atoms with Crippen molar-refractivity contribution >= 4 is 17.4 Å². The van der Waals surface area contributed by atoms with Crippen LogP contribution in [0.1, 0.15) is 18.4 Å². The Morgan fingerprint density at radius 3 is 2.75 bits per heavy atom. The van der Waals surface area contributed by atoms with Gasteiger partial charge in [-0.25, -0.2) is 4.79 Å². The van der Waals surface area contributed by atoms with E-state index in [-0.39, 0.29) is 11.8 Å². The molecule has 1 aromatic carbocycles. The molecule has 0 spiro atoms. The van der Waals surface area contributed by atoms with E-state index >= 15 is 0 Å². The number of amides is 2. The summed E-state index contributed by atoms with van der Waals surface area (Å²) in [5, 5.41) is 13.1. The van der Waals surface area contributed by atoms with Crippen molar-refractivity contribution in [3.05, 3.63) is 33.9 Å². The Morgan fingerprint density at radius 2 is 2.17 bits per heavy atom. The lowest BCUT2D eigenvalue weighted by molar-refractivity contribution is -0.388. The summed E-state index contributed by atoms with van der Waals surface area (Å²) in [6.07, 6.45) is -3.49. The lowest BCUT2D eigenvalue weighted by Gasteiger charge is -2.31. The second-order valence-corrected chi connectivity index (χ2v) is 5.36. The number of alkyl halides is 3. The van der Waals surface area contributed by atoms with Crippen molar-refractivity contribution < 1.29 is 27.6 Å². The highest BCUT2D eigenvalue weighted by Gasteiger charge is 2.38. The highest BCUT2D eigenvalue weighted by Crippen LogP contribution is 2.37. The van der Waals surface area contributed by atoms with Gasteiger partial charge in [0.1, 0.15) is 5.56 Å². The normalized spacial score (nSPS) is 18.3. The van der Waals surface area contributed by atoms with E-state index in [1.54, 1.807) is 0 Å². The number of likely N-dealkylation sites (tertiary alicyclic amines) is 1. The highest BCUT2D eigenvalue weighted by molar-refractivity contribution is 5.89. The molecule has 1 heterocycles. The van der Waals surface area contributed by atoms with Crippen molar-refractivity contribution in [2.45, 2.75) is 25.1 Å². The molecule has 0 aliphatic carbocycles. The van der Waals surface area contributed by atoms with E-state index in [1.165, 1.54) is 12.0 Å². The van der Waals surface area contributed by atoms with Gasteiger partial charge in [-0.3, -0.25) is 10.1 Å². The molecule has 7 nitrogen and oxygen atoms in total. The molecule has 2 rings (SSSR count). The van der Waals surface area contributed by atoms with Gasteiger partial charge in [0, 0.05) is 32.0 Å². The predicted octanol–water partition coefficient (Wildman–Crippen LogP) is 3.26. The first-order chi connectivity index (χ1) is 11.2. The summed E-state index contributed by atoms with van der Waals surface area (Å²) in [5.41, 5.74) is -2.62. The summed E-state index contributed by atoms with van der Waals surface area (Å²) in [6.45, 7) is 0.798. The van der Waals surface area contributed by atoms with Crippen molar-refractivity contribution in [3.63, 3.8) is 0 Å². The zero-order valence-corrected chi connectivity index (χ0v) is 12.8. The molecule has 1 aliphatic rings. The third kappa shape index (κ3) is 4.13. The maximum atomic E-state index is 12.9. The van der Waals surface area contributed by atoms with Crippen LogP contribution in [-0.4, -0.2) is 42.2 Å². The average molecular weight is 347 g/mol. The minimum Gasteiger partial charge on any atom is -0.380 e. The predicted molar refractivity (Wildman–Crippen MR) is 78.7 cm³/mol. The van der Waals surface area contributed by atoms with Crippen molar-refractivity contribution in [1.29, 1.82) is 0 Å². The molecule has 1 fully saturated rings. The van der Waals surface area contributed by atoms with E-state index in [2.05, 4.69) is 5.32 Å². The Kier molecular flexibility index (Phi) is 5.27. The van der Waals surface area contributed by atoms with E-state index in [4.69, 9.17) is 4.74 Å². The maximum Gasteiger partial charge on any atom is 0.423 e. The van der Waals surface area contributed by atoms with Gasteiger partial charge in [-0.15, -0.1) is 0 Å². The summed E-state index contributed by atoms with van der Waals surface area (Å²) >= 11 is 0. The minimum atomic E-state index is -4.89. The third-order valence-electron chi connectivity index (χ3n) is 3.75. The standard InChI is InChI=1S/C14H16F3N3O4/c1-24-10-3-2-6-19(8-10)13(21)18-9-4-5-12(20(22)23)11(7-9)14(15,16)17/h4-5,7,10H,2-3,6,8H2,1H3,(H,18,21). The maximum absolute atomic E-state index is 12.9. The number of nitro groups is 1. The van der Waals surface area contributed by atoms with Crippen LogP contribution in [0.25, 0.3) is 0 Å². The monoisotopic (exact) mass is 347 g/mol. The Balaban J connectivity index is 2.18. The number of hydrogen-bond acceptors (Lipinski definition) is 4. The van der Waals surface area contributed by atoms with Gasteiger partial charge in [0.05, 0.1) is 11.0 Å². The zero-order chi connectivity index (χ0) is 17.9. The number of anilines is 1. The van der Waals surface area contributed by atoms with Crippen LogP contribution in [0.5, 0.6) is 0 Å². The van der Waals surface area contributed by atoms with Gasteiger partial charge in [0.25, 0.3) is 5.69 Å². The van der Waals surface area contributed by atoms with Crippen LogP contribution in [0, 0.1) is 10.1 Å². The smallest absolute Gasteiger partial charge is 0.380 e. The van der Waals surface area contributed by atoms with E-state index in [0.717, 1.165) is 25.0 Å². The van der Waals surface area contributed by atoms with E-state index in [9.17, 15) is 28.1 Å². The number of halogens is 3. The first-order valence-electron chi connectivity index (χ1n) is 7.16. The average Bonchev–Trinajstić information content (AvgIpc) is 2.53. The van der Waals surface area contributed by atoms with Crippen LogP contribution in [-0.2, 0) is 10.9 Å². The first-order valence-corrected chi connectivity index (χ1v) is 7.16. The molecule has 1 aliphatic heterocycles. The Bertz CT molecular complexity index is 636.